The number of nitrogens with one attached hydrogen (secondary N) is 2. The minimum Gasteiger partial charge on any atom is -0.295 e. The number of H-pyrrole nitrogens is 2. The molecule has 24 heavy (non-hydrogen) atoms. The van der Waals surface area contributed by atoms with E-state index in [1.165, 1.54) is 18.2 Å². The van der Waals surface area contributed by atoms with Crippen LogP contribution in [-0.2, 0) is 0 Å². The fourth-order valence-electron chi connectivity index (χ4n) is 2.08. The Hall–Kier alpha value is -3.07. The molecule has 1 aromatic heterocycles. The van der Waals surface area contributed by atoms with Crippen LogP contribution in [0.15, 0.2) is 68.0 Å². The number of nitrogens with zero attached hydrogens (tertiary/aromatic N) is 3. The number of rotatable bonds is 4. The molecule has 0 amide bonds. The molecule has 0 unspecified atom stereocenters. The molecule has 0 saturated heterocycles. The molecule has 3 rings (SSSR count). The molecule has 0 bridgehead atoms. The van der Waals surface area contributed by atoms with Crippen LogP contribution in [-0.4, -0.2) is 15.1 Å². The fourth-order valence-corrected chi connectivity index (χ4v) is 2.48. The molecule has 8 nitrogen and oxygen atoms in total. The van der Waals surface area contributed by atoms with E-state index in [0.29, 0.717) is 5.69 Å². The molecule has 0 aliphatic carbocycles. The minimum atomic E-state index is -0.519. The lowest BCUT2D eigenvalue weighted by Crippen LogP contribution is -1.96. The molecule has 2 aromatic carbocycles. The highest BCUT2D eigenvalue weighted by molar-refractivity contribution is 9.10. The van der Waals surface area contributed by atoms with Crippen LogP contribution in [0.3, 0.4) is 0 Å². The monoisotopic (exact) mass is 387 g/mol. The van der Waals surface area contributed by atoms with Crippen LogP contribution in [0.2, 0.25) is 0 Å². The van der Waals surface area contributed by atoms with Crippen molar-refractivity contribution in [2.24, 2.45) is 10.2 Å². The molecule has 0 radical (unpaired) electrons. The maximum Gasteiger partial charge on any atom is 0.292 e. The second-order valence-electron chi connectivity index (χ2n) is 4.79. The Labute approximate surface area is 143 Å². The second kappa shape index (κ2) is 6.59. The van der Waals surface area contributed by atoms with Crippen LogP contribution in [0.4, 0.5) is 17.1 Å². The van der Waals surface area contributed by atoms with Gasteiger partial charge in [0, 0.05) is 22.2 Å². The highest BCUT2D eigenvalue weighted by Crippen LogP contribution is 2.29. The molecule has 3 aromatic rings. The highest BCUT2D eigenvalue weighted by atomic mass is 79.9. The van der Waals surface area contributed by atoms with Gasteiger partial charge >= 0.3 is 0 Å². The predicted octanol–water partition coefficient (Wildman–Crippen LogP) is 4.46. The topological polar surface area (TPSA) is 117 Å². The van der Waals surface area contributed by atoms with Gasteiger partial charge in [-0.2, -0.15) is 5.11 Å². The molecule has 0 atom stereocenters. The van der Waals surface area contributed by atoms with Crippen molar-refractivity contribution in [1.82, 2.24) is 10.2 Å². The van der Waals surface area contributed by atoms with E-state index in [1.807, 2.05) is 24.3 Å². The summed E-state index contributed by atoms with van der Waals surface area (Å²) in [6, 6.07) is 13.0. The first-order valence-corrected chi connectivity index (χ1v) is 7.56. The normalized spacial score (nSPS) is 11.0. The molecule has 0 saturated carbocycles. The molecule has 9 heteroatoms. The van der Waals surface area contributed by atoms with Crippen LogP contribution < -0.4 is 5.56 Å². The summed E-state index contributed by atoms with van der Waals surface area (Å²) in [4.78, 5) is 22.2. The molecule has 0 spiro atoms. The van der Waals surface area contributed by atoms with Gasteiger partial charge in [-0.05, 0) is 18.2 Å². The van der Waals surface area contributed by atoms with Crippen LogP contribution in [0, 0.1) is 10.1 Å². The first kappa shape index (κ1) is 15.8. The van der Waals surface area contributed by atoms with Gasteiger partial charge in [0.15, 0.2) is 5.69 Å². The van der Waals surface area contributed by atoms with Gasteiger partial charge in [-0.1, -0.05) is 34.1 Å². The van der Waals surface area contributed by atoms with Gasteiger partial charge in [0.2, 0.25) is 0 Å². The lowest BCUT2D eigenvalue weighted by Gasteiger charge is -1.99. The van der Waals surface area contributed by atoms with E-state index in [1.54, 1.807) is 6.07 Å². The number of aromatic amines is 2. The van der Waals surface area contributed by atoms with Crippen LogP contribution in [0.1, 0.15) is 0 Å². The third kappa shape index (κ3) is 3.30. The molecular formula is C15H10BrN5O3. The van der Waals surface area contributed by atoms with Gasteiger partial charge in [-0.15, -0.1) is 5.11 Å². The van der Waals surface area contributed by atoms with Crippen LogP contribution >= 0.6 is 15.9 Å². The minimum absolute atomic E-state index is 0.0957. The second-order valence-corrected chi connectivity index (χ2v) is 5.71. The number of aromatic nitrogens is 2. The number of non-ortho nitro benzene ring substituents is 1. The summed E-state index contributed by atoms with van der Waals surface area (Å²) in [5.41, 5.74) is 1.08. The van der Waals surface area contributed by atoms with Crippen molar-refractivity contribution in [3.8, 4) is 11.3 Å². The van der Waals surface area contributed by atoms with E-state index in [0.717, 1.165) is 10.0 Å². The Bertz CT molecular complexity index is 993. The lowest BCUT2D eigenvalue weighted by molar-refractivity contribution is -0.384. The largest absolute Gasteiger partial charge is 0.295 e. The zero-order valence-electron chi connectivity index (χ0n) is 12.1. The molecule has 1 heterocycles. The van der Waals surface area contributed by atoms with E-state index in [-0.39, 0.29) is 17.1 Å². The summed E-state index contributed by atoms with van der Waals surface area (Å²) in [7, 11) is 0. The first-order valence-electron chi connectivity index (χ1n) is 6.77. The average Bonchev–Trinajstić information content (AvgIpc) is 2.94. The Morgan fingerprint density at radius 1 is 1.04 bits per heavy atom. The van der Waals surface area contributed by atoms with Crippen molar-refractivity contribution in [1.29, 1.82) is 0 Å². The van der Waals surface area contributed by atoms with E-state index in [2.05, 4.69) is 36.4 Å². The SMILES string of the molecule is O=c1[nH][nH]c(-c2cccc(Br)c2)c1N=Nc1cccc([N+](=O)[O-])c1. The number of azo groups is 1. The third-order valence-electron chi connectivity index (χ3n) is 3.17. The van der Waals surface area contributed by atoms with E-state index < -0.39 is 10.5 Å². The molecule has 2 N–H and O–H groups in total. The van der Waals surface area contributed by atoms with Crippen molar-refractivity contribution < 1.29 is 4.92 Å². The smallest absolute Gasteiger partial charge is 0.292 e. The number of nitro groups is 1. The fraction of sp³-hybridized carbons (Fsp3) is 0. The van der Waals surface area contributed by atoms with Gasteiger partial charge < -0.3 is 0 Å². The van der Waals surface area contributed by atoms with Crippen molar-refractivity contribution in [2.45, 2.75) is 0 Å². The van der Waals surface area contributed by atoms with Gasteiger partial charge in [-0.3, -0.25) is 25.1 Å². The molecule has 120 valence electrons. The third-order valence-corrected chi connectivity index (χ3v) is 3.67. The maximum absolute atomic E-state index is 11.9. The summed E-state index contributed by atoms with van der Waals surface area (Å²) < 4.78 is 0.851. The summed E-state index contributed by atoms with van der Waals surface area (Å²) >= 11 is 3.37. The Morgan fingerprint density at radius 3 is 2.58 bits per heavy atom. The number of benzene rings is 2. The van der Waals surface area contributed by atoms with Gasteiger partial charge in [0.05, 0.1) is 16.3 Å². The zero-order valence-corrected chi connectivity index (χ0v) is 13.6. The van der Waals surface area contributed by atoms with E-state index in [9.17, 15) is 14.9 Å². The van der Waals surface area contributed by atoms with E-state index in [4.69, 9.17) is 0 Å². The predicted molar refractivity (Wildman–Crippen MR) is 91.8 cm³/mol. The van der Waals surface area contributed by atoms with Gasteiger partial charge in [0.1, 0.15) is 0 Å². The van der Waals surface area contributed by atoms with Crippen molar-refractivity contribution in [3.63, 3.8) is 0 Å². The molecule has 0 fully saturated rings. The molecule has 0 aliphatic heterocycles. The van der Waals surface area contributed by atoms with Gasteiger partial charge in [0.25, 0.3) is 11.2 Å². The van der Waals surface area contributed by atoms with Crippen LogP contribution in [0.5, 0.6) is 0 Å². The zero-order chi connectivity index (χ0) is 17.1. The maximum atomic E-state index is 11.9. The quantitative estimate of drug-likeness (QED) is 0.390. The average molecular weight is 388 g/mol. The molecule has 0 aliphatic rings. The lowest BCUT2D eigenvalue weighted by atomic mass is 10.1. The standard InChI is InChI=1S/C15H10BrN5O3/c16-10-4-1-3-9(7-10)13-14(15(22)20-18-13)19-17-11-5-2-6-12(8-11)21(23)24/h1-8H,(H2,18,20,22). The Morgan fingerprint density at radius 2 is 1.83 bits per heavy atom. The number of nitro benzene ring substituents is 1. The first-order chi connectivity index (χ1) is 11.5. The number of hydrogen-bond acceptors (Lipinski definition) is 5. The Kier molecular flexibility index (Phi) is 4.34. The number of hydrogen-bond donors (Lipinski definition) is 2. The number of halogens is 1. The summed E-state index contributed by atoms with van der Waals surface area (Å²) in [6.07, 6.45) is 0. The van der Waals surface area contributed by atoms with Gasteiger partial charge in [-0.25, -0.2) is 0 Å². The highest BCUT2D eigenvalue weighted by Gasteiger charge is 2.12. The van der Waals surface area contributed by atoms with Crippen molar-refractivity contribution in [3.05, 3.63) is 73.5 Å². The molecular weight excluding hydrogens is 378 g/mol. The summed E-state index contributed by atoms with van der Waals surface area (Å²) in [5.74, 6) is 0. The van der Waals surface area contributed by atoms with E-state index >= 15 is 0 Å². The summed E-state index contributed by atoms with van der Waals surface area (Å²) in [6.45, 7) is 0. The van der Waals surface area contributed by atoms with Crippen LogP contribution in [0.25, 0.3) is 11.3 Å². The van der Waals surface area contributed by atoms with Crippen molar-refractivity contribution in [2.75, 3.05) is 0 Å². The summed E-state index contributed by atoms with van der Waals surface area (Å²) in [5, 5.41) is 23.9. The Balaban J connectivity index is 1.99. The van der Waals surface area contributed by atoms with Crippen molar-refractivity contribution >= 4 is 33.0 Å².